The number of nitrogens with zero attached hydrogens (tertiary/aromatic N) is 5. The van der Waals surface area contributed by atoms with Gasteiger partial charge in [0.1, 0.15) is 11.5 Å². The van der Waals surface area contributed by atoms with Crippen molar-refractivity contribution in [3.8, 4) is 17.3 Å². The van der Waals surface area contributed by atoms with Crippen LogP contribution in [0.1, 0.15) is 28.8 Å². The van der Waals surface area contributed by atoms with Crippen LogP contribution < -0.4 is 10.2 Å². The molecule has 7 heteroatoms. The van der Waals surface area contributed by atoms with Gasteiger partial charge >= 0.3 is 0 Å². The van der Waals surface area contributed by atoms with E-state index < -0.39 is 0 Å². The van der Waals surface area contributed by atoms with Gasteiger partial charge in [0, 0.05) is 43.5 Å². The first-order valence-corrected chi connectivity index (χ1v) is 11.1. The standard InChI is InChI=1S/C26H24N6O/c27-15-19-10-13-31(14-11-19)25-5-1-4-24-29-18-23(32(24)25)21-8-6-20(7-9-21)16-30-26(33)22-3-2-12-28-17-22/h1-9,12,17-19H,10-11,13-14,16H2,(H,30,33). The lowest BCUT2D eigenvalue weighted by Crippen LogP contribution is -2.34. The first-order chi connectivity index (χ1) is 16.2. The molecule has 4 heterocycles. The van der Waals surface area contributed by atoms with Crippen LogP contribution in [-0.4, -0.2) is 33.4 Å². The van der Waals surface area contributed by atoms with Gasteiger partial charge in [-0.15, -0.1) is 0 Å². The maximum atomic E-state index is 12.3. The van der Waals surface area contributed by atoms with Crippen LogP contribution >= 0.6 is 0 Å². The summed E-state index contributed by atoms with van der Waals surface area (Å²) >= 11 is 0. The van der Waals surface area contributed by atoms with Crippen LogP contribution in [0.2, 0.25) is 0 Å². The zero-order chi connectivity index (χ0) is 22.6. The lowest BCUT2D eigenvalue weighted by molar-refractivity contribution is 0.0950. The zero-order valence-electron chi connectivity index (χ0n) is 18.2. The third-order valence-corrected chi connectivity index (χ3v) is 6.14. The number of nitrogens with one attached hydrogen (secondary N) is 1. The highest BCUT2D eigenvalue weighted by Gasteiger charge is 2.21. The van der Waals surface area contributed by atoms with E-state index in [1.807, 2.05) is 30.5 Å². The highest BCUT2D eigenvalue weighted by Crippen LogP contribution is 2.29. The number of aromatic nitrogens is 3. The van der Waals surface area contributed by atoms with Crippen LogP contribution in [0, 0.1) is 17.2 Å². The van der Waals surface area contributed by atoms with E-state index in [0.717, 1.165) is 54.2 Å². The van der Waals surface area contributed by atoms with E-state index in [0.29, 0.717) is 12.1 Å². The Morgan fingerprint density at radius 2 is 1.88 bits per heavy atom. The van der Waals surface area contributed by atoms with Gasteiger partial charge in [0.25, 0.3) is 5.91 Å². The number of hydrogen-bond donors (Lipinski definition) is 1. The van der Waals surface area contributed by atoms with Gasteiger partial charge in [-0.2, -0.15) is 5.26 Å². The Morgan fingerprint density at radius 3 is 2.61 bits per heavy atom. The fraction of sp³-hybridized carbons (Fsp3) is 0.231. The molecule has 4 aromatic rings. The Bertz CT molecular complexity index is 1300. The zero-order valence-corrected chi connectivity index (χ0v) is 18.2. The van der Waals surface area contributed by atoms with Gasteiger partial charge in [-0.1, -0.05) is 30.3 Å². The van der Waals surface area contributed by atoms with Gasteiger partial charge < -0.3 is 10.2 Å². The van der Waals surface area contributed by atoms with E-state index in [1.54, 1.807) is 24.5 Å². The smallest absolute Gasteiger partial charge is 0.253 e. The summed E-state index contributed by atoms with van der Waals surface area (Å²) in [6.07, 6.45) is 6.88. The molecule has 0 aliphatic carbocycles. The maximum absolute atomic E-state index is 12.3. The fourth-order valence-corrected chi connectivity index (χ4v) is 4.28. The van der Waals surface area contributed by atoms with Crippen LogP contribution in [-0.2, 0) is 6.54 Å². The summed E-state index contributed by atoms with van der Waals surface area (Å²) < 4.78 is 2.19. The summed E-state index contributed by atoms with van der Waals surface area (Å²) in [4.78, 5) is 23.2. The monoisotopic (exact) mass is 436 g/mol. The normalized spacial score (nSPS) is 14.2. The van der Waals surface area contributed by atoms with Gasteiger partial charge in [-0.25, -0.2) is 4.98 Å². The van der Waals surface area contributed by atoms with E-state index in [1.165, 1.54) is 0 Å². The summed E-state index contributed by atoms with van der Waals surface area (Å²) in [5.74, 6) is 1.11. The average Bonchev–Trinajstić information content (AvgIpc) is 3.32. The predicted molar refractivity (Wildman–Crippen MR) is 127 cm³/mol. The van der Waals surface area contributed by atoms with E-state index in [2.05, 4.69) is 48.9 Å². The first kappa shape index (κ1) is 20.7. The minimum atomic E-state index is -0.140. The number of benzene rings is 1. The number of piperidine rings is 1. The topological polar surface area (TPSA) is 86.3 Å². The molecule has 164 valence electrons. The minimum Gasteiger partial charge on any atom is -0.358 e. The van der Waals surface area contributed by atoms with Crippen molar-refractivity contribution in [2.45, 2.75) is 19.4 Å². The third-order valence-electron chi connectivity index (χ3n) is 6.14. The molecule has 3 aromatic heterocycles. The van der Waals surface area contributed by atoms with Crippen LogP contribution in [0.5, 0.6) is 0 Å². The Kier molecular flexibility index (Phi) is 5.73. The second-order valence-electron chi connectivity index (χ2n) is 8.23. The lowest BCUT2D eigenvalue weighted by Gasteiger charge is -2.31. The van der Waals surface area contributed by atoms with Crippen LogP contribution in [0.15, 0.2) is 73.2 Å². The van der Waals surface area contributed by atoms with Crippen molar-refractivity contribution in [2.75, 3.05) is 18.0 Å². The van der Waals surface area contributed by atoms with Crippen LogP contribution in [0.25, 0.3) is 16.9 Å². The van der Waals surface area contributed by atoms with Gasteiger partial charge in [-0.05, 0) is 42.7 Å². The summed E-state index contributed by atoms with van der Waals surface area (Å²) in [5.41, 5.74) is 4.55. The van der Waals surface area contributed by atoms with Crippen molar-refractivity contribution in [1.82, 2.24) is 19.7 Å². The number of rotatable bonds is 5. The SMILES string of the molecule is N#CC1CCN(c2cccc3ncc(-c4ccc(CNC(=O)c5cccnc5)cc4)n23)CC1. The molecule has 0 atom stereocenters. The molecule has 1 aliphatic heterocycles. The van der Waals surface area contributed by atoms with Crippen LogP contribution in [0.4, 0.5) is 5.82 Å². The lowest BCUT2D eigenvalue weighted by atomic mass is 9.98. The molecule has 0 spiro atoms. The second kappa shape index (κ2) is 9.13. The summed E-state index contributed by atoms with van der Waals surface area (Å²) in [7, 11) is 0. The molecular formula is C26H24N6O. The molecule has 0 saturated carbocycles. The molecule has 7 nitrogen and oxygen atoms in total. The third kappa shape index (κ3) is 4.28. The molecule has 0 bridgehead atoms. The van der Waals surface area contributed by atoms with Gasteiger partial charge in [0.2, 0.25) is 0 Å². The van der Waals surface area contributed by atoms with E-state index in [4.69, 9.17) is 0 Å². The number of hydrogen-bond acceptors (Lipinski definition) is 5. The first-order valence-electron chi connectivity index (χ1n) is 11.1. The molecule has 1 aliphatic rings. The van der Waals surface area contributed by atoms with E-state index >= 15 is 0 Å². The molecule has 1 saturated heterocycles. The number of fused-ring (bicyclic) bond motifs is 1. The fourth-order valence-electron chi connectivity index (χ4n) is 4.28. The highest BCUT2D eigenvalue weighted by atomic mass is 16.1. The van der Waals surface area contributed by atoms with Crippen LogP contribution in [0.3, 0.4) is 0 Å². The number of carbonyl (C=O) groups excluding carboxylic acids is 1. The molecular weight excluding hydrogens is 412 g/mol. The molecule has 1 amide bonds. The summed E-state index contributed by atoms with van der Waals surface area (Å²) in [6.45, 7) is 2.18. The molecule has 0 unspecified atom stereocenters. The molecule has 1 aromatic carbocycles. The van der Waals surface area contributed by atoms with Crippen molar-refractivity contribution in [1.29, 1.82) is 5.26 Å². The van der Waals surface area contributed by atoms with E-state index in [-0.39, 0.29) is 11.8 Å². The number of nitriles is 1. The Labute approximate surface area is 192 Å². The Balaban J connectivity index is 1.35. The molecule has 0 radical (unpaired) electrons. The number of imidazole rings is 1. The summed E-state index contributed by atoms with van der Waals surface area (Å²) in [6, 6.07) is 20.2. The van der Waals surface area contributed by atoms with Gasteiger partial charge in [0.15, 0.2) is 0 Å². The number of carbonyl (C=O) groups is 1. The van der Waals surface area contributed by atoms with Gasteiger partial charge in [-0.3, -0.25) is 14.2 Å². The van der Waals surface area contributed by atoms with E-state index in [9.17, 15) is 10.1 Å². The van der Waals surface area contributed by atoms with Crippen molar-refractivity contribution in [3.63, 3.8) is 0 Å². The quantitative estimate of drug-likeness (QED) is 0.510. The van der Waals surface area contributed by atoms with Crippen molar-refractivity contribution in [2.24, 2.45) is 5.92 Å². The number of pyridine rings is 2. The number of amides is 1. The number of anilines is 1. The molecule has 5 rings (SSSR count). The van der Waals surface area contributed by atoms with Crippen molar-refractivity contribution in [3.05, 3.63) is 84.3 Å². The largest absolute Gasteiger partial charge is 0.358 e. The van der Waals surface area contributed by atoms with Crippen molar-refractivity contribution < 1.29 is 4.79 Å². The highest BCUT2D eigenvalue weighted by molar-refractivity contribution is 5.93. The second-order valence-corrected chi connectivity index (χ2v) is 8.23. The Hall–Kier alpha value is -4.18. The Morgan fingerprint density at radius 1 is 1.06 bits per heavy atom. The molecule has 1 N–H and O–H groups in total. The van der Waals surface area contributed by atoms with Crippen molar-refractivity contribution >= 4 is 17.4 Å². The molecule has 1 fully saturated rings. The maximum Gasteiger partial charge on any atom is 0.253 e. The molecule has 33 heavy (non-hydrogen) atoms. The van der Waals surface area contributed by atoms with Gasteiger partial charge in [0.05, 0.1) is 23.5 Å². The summed E-state index contributed by atoms with van der Waals surface area (Å²) in [5, 5.41) is 12.2. The predicted octanol–water partition coefficient (Wildman–Crippen LogP) is 4.07. The minimum absolute atomic E-state index is 0.140. The average molecular weight is 437 g/mol.